The summed E-state index contributed by atoms with van der Waals surface area (Å²) in [5, 5.41) is 2.97. The lowest BCUT2D eigenvalue weighted by atomic mass is 10.1. The third-order valence-electron chi connectivity index (χ3n) is 4.62. The minimum atomic E-state index is -0.243. The van der Waals surface area contributed by atoms with Gasteiger partial charge in [-0.05, 0) is 46.2 Å². The van der Waals surface area contributed by atoms with Crippen LogP contribution in [0.5, 0.6) is 0 Å². The molecule has 2 rings (SSSR count). The van der Waals surface area contributed by atoms with E-state index < -0.39 is 0 Å². The maximum Gasteiger partial charge on any atom is 0.317 e. The van der Waals surface area contributed by atoms with Crippen molar-refractivity contribution in [2.75, 3.05) is 26.2 Å². The smallest absolute Gasteiger partial charge is 0.317 e. The predicted molar refractivity (Wildman–Crippen MR) is 95.0 cm³/mol. The number of carbonyl (C=O) groups is 2. The molecule has 24 heavy (non-hydrogen) atoms. The molecule has 6 nitrogen and oxygen atoms in total. The molecule has 0 atom stereocenters. The maximum absolute atomic E-state index is 12.5. The molecule has 0 unspecified atom stereocenters. The van der Waals surface area contributed by atoms with Crippen LogP contribution in [0, 0.1) is 13.8 Å². The number of hydrogen-bond acceptors (Lipinski definition) is 2. The average molecular weight is 334 g/mol. The average Bonchev–Trinajstić information content (AvgIpc) is 2.73. The topological polar surface area (TPSA) is 57.6 Å². The van der Waals surface area contributed by atoms with E-state index in [4.69, 9.17) is 0 Å². The lowest BCUT2D eigenvalue weighted by Gasteiger charge is -2.36. The molecule has 0 spiro atoms. The largest absolute Gasteiger partial charge is 0.352 e. The van der Waals surface area contributed by atoms with Crippen molar-refractivity contribution in [2.24, 2.45) is 7.05 Å². The fourth-order valence-electron chi connectivity index (χ4n) is 2.95. The van der Waals surface area contributed by atoms with Gasteiger partial charge < -0.3 is 19.7 Å². The number of hydrogen-bond donors (Lipinski definition) is 1. The van der Waals surface area contributed by atoms with Crippen LogP contribution in [0.1, 0.15) is 37.7 Å². The van der Waals surface area contributed by atoms with Crippen molar-refractivity contribution < 1.29 is 9.59 Å². The quantitative estimate of drug-likeness (QED) is 0.897. The van der Waals surface area contributed by atoms with E-state index >= 15 is 0 Å². The molecule has 0 saturated carbocycles. The zero-order valence-electron chi connectivity index (χ0n) is 15.8. The molecule has 1 fully saturated rings. The molecule has 6 heteroatoms. The van der Waals surface area contributed by atoms with Gasteiger partial charge in [-0.25, -0.2) is 4.79 Å². The zero-order chi connectivity index (χ0) is 18.1. The molecule has 134 valence electrons. The van der Waals surface area contributed by atoms with E-state index in [9.17, 15) is 9.59 Å². The van der Waals surface area contributed by atoms with E-state index in [1.54, 1.807) is 4.90 Å². The van der Waals surface area contributed by atoms with Gasteiger partial charge in [0.25, 0.3) is 0 Å². The van der Waals surface area contributed by atoms with Gasteiger partial charge in [-0.3, -0.25) is 4.79 Å². The van der Waals surface area contributed by atoms with Crippen molar-refractivity contribution in [3.63, 3.8) is 0 Å². The minimum Gasteiger partial charge on any atom is -0.352 e. The van der Waals surface area contributed by atoms with Crippen molar-refractivity contribution in [3.05, 3.63) is 23.0 Å². The zero-order valence-corrected chi connectivity index (χ0v) is 15.8. The summed E-state index contributed by atoms with van der Waals surface area (Å²) in [6, 6.07) is 2.03. The number of nitrogens with zero attached hydrogens (tertiary/aromatic N) is 3. The van der Waals surface area contributed by atoms with Crippen molar-refractivity contribution in [3.8, 4) is 0 Å². The number of urea groups is 1. The summed E-state index contributed by atoms with van der Waals surface area (Å²) in [6.45, 7) is 12.4. The highest BCUT2D eigenvalue weighted by molar-refractivity contribution is 5.80. The summed E-state index contributed by atoms with van der Waals surface area (Å²) in [4.78, 5) is 28.4. The highest BCUT2D eigenvalue weighted by Crippen LogP contribution is 2.15. The molecule has 0 radical (unpaired) electrons. The fourth-order valence-corrected chi connectivity index (χ4v) is 2.95. The lowest BCUT2D eigenvalue weighted by molar-refractivity contribution is -0.131. The minimum absolute atomic E-state index is 0.0517. The summed E-state index contributed by atoms with van der Waals surface area (Å²) < 4.78 is 2.11. The first kappa shape index (κ1) is 18.4. The van der Waals surface area contributed by atoms with Gasteiger partial charge in [0.05, 0.1) is 6.42 Å². The molecular formula is C18H30N4O2. The van der Waals surface area contributed by atoms with E-state index in [0.29, 0.717) is 32.6 Å². The number of amides is 3. The van der Waals surface area contributed by atoms with Crippen LogP contribution >= 0.6 is 0 Å². The van der Waals surface area contributed by atoms with E-state index in [0.717, 1.165) is 11.3 Å². The normalized spacial score (nSPS) is 15.6. The summed E-state index contributed by atoms with van der Waals surface area (Å²) in [6.07, 6.45) is 0.432. The first-order valence-electron chi connectivity index (χ1n) is 8.55. The maximum atomic E-state index is 12.5. The summed E-state index contributed by atoms with van der Waals surface area (Å²) in [5.41, 5.74) is 3.16. The molecule has 1 aliphatic rings. The molecule has 2 heterocycles. The van der Waals surface area contributed by atoms with E-state index in [1.165, 1.54) is 5.69 Å². The first-order valence-corrected chi connectivity index (χ1v) is 8.55. The number of aryl methyl sites for hydroxylation is 1. The first-order chi connectivity index (χ1) is 11.1. The monoisotopic (exact) mass is 334 g/mol. The second kappa shape index (κ2) is 6.87. The number of piperazine rings is 1. The van der Waals surface area contributed by atoms with Gasteiger partial charge in [0, 0.05) is 50.2 Å². The number of rotatable bonds is 2. The molecule has 0 aliphatic carbocycles. The summed E-state index contributed by atoms with van der Waals surface area (Å²) in [5.74, 6) is 0.138. The molecular weight excluding hydrogens is 304 g/mol. The lowest BCUT2D eigenvalue weighted by Crippen LogP contribution is -2.56. The summed E-state index contributed by atoms with van der Waals surface area (Å²) in [7, 11) is 2.02. The second-order valence-electron chi connectivity index (χ2n) is 7.68. The van der Waals surface area contributed by atoms with Crippen molar-refractivity contribution in [1.29, 1.82) is 0 Å². The second-order valence-corrected chi connectivity index (χ2v) is 7.68. The highest BCUT2D eigenvalue weighted by atomic mass is 16.2. The Hall–Kier alpha value is -1.98. The SMILES string of the molecule is Cc1cc(CC(=O)N2CCN(C(=O)NC(C)(C)C)CC2)c(C)n1C. The Morgan fingerprint density at radius 2 is 1.62 bits per heavy atom. The third-order valence-corrected chi connectivity index (χ3v) is 4.62. The van der Waals surface area contributed by atoms with E-state index in [2.05, 4.69) is 16.0 Å². The summed E-state index contributed by atoms with van der Waals surface area (Å²) >= 11 is 0. The Morgan fingerprint density at radius 1 is 1.08 bits per heavy atom. The Labute approximate surface area is 144 Å². The van der Waals surface area contributed by atoms with E-state index in [-0.39, 0.29) is 17.5 Å². The van der Waals surface area contributed by atoms with Crippen LogP contribution in [-0.2, 0) is 18.3 Å². The van der Waals surface area contributed by atoms with Gasteiger partial charge >= 0.3 is 6.03 Å². The molecule has 1 N–H and O–H groups in total. The predicted octanol–water partition coefficient (Wildman–Crippen LogP) is 1.84. The Balaban J connectivity index is 1.89. The van der Waals surface area contributed by atoms with Crippen LogP contribution in [0.15, 0.2) is 6.07 Å². The number of nitrogens with one attached hydrogen (secondary N) is 1. The van der Waals surface area contributed by atoms with Crippen molar-refractivity contribution in [2.45, 2.75) is 46.6 Å². The van der Waals surface area contributed by atoms with Gasteiger partial charge in [-0.15, -0.1) is 0 Å². The standard InChI is InChI=1S/C18H30N4O2/c1-13-11-15(14(2)20(13)6)12-16(23)21-7-9-22(10-8-21)17(24)19-18(3,4)5/h11H,7-10,12H2,1-6H3,(H,19,24). The van der Waals surface area contributed by atoms with Crippen LogP contribution < -0.4 is 5.32 Å². The molecule has 1 aliphatic heterocycles. The fraction of sp³-hybridized carbons (Fsp3) is 0.667. The number of carbonyl (C=O) groups excluding carboxylic acids is 2. The van der Waals surface area contributed by atoms with Gasteiger partial charge in [0.15, 0.2) is 0 Å². The molecule has 0 bridgehead atoms. The molecule has 0 aromatic carbocycles. The van der Waals surface area contributed by atoms with Crippen LogP contribution in [0.25, 0.3) is 0 Å². The van der Waals surface area contributed by atoms with E-state index in [1.807, 2.05) is 46.6 Å². The third kappa shape index (κ3) is 4.30. The highest BCUT2D eigenvalue weighted by Gasteiger charge is 2.26. The Morgan fingerprint density at radius 3 is 2.08 bits per heavy atom. The van der Waals surface area contributed by atoms with Crippen molar-refractivity contribution >= 4 is 11.9 Å². The van der Waals surface area contributed by atoms with Crippen LogP contribution in [0.3, 0.4) is 0 Å². The van der Waals surface area contributed by atoms with Crippen LogP contribution in [0.2, 0.25) is 0 Å². The number of aromatic nitrogens is 1. The van der Waals surface area contributed by atoms with Gasteiger partial charge in [-0.2, -0.15) is 0 Å². The molecule has 1 aromatic rings. The Bertz CT molecular complexity index is 620. The van der Waals surface area contributed by atoms with Crippen LogP contribution in [-0.4, -0.2) is 58.0 Å². The van der Waals surface area contributed by atoms with Crippen LogP contribution in [0.4, 0.5) is 4.79 Å². The van der Waals surface area contributed by atoms with Gasteiger partial charge in [-0.1, -0.05) is 0 Å². The van der Waals surface area contributed by atoms with Gasteiger partial charge in [0.2, 0.25) is 5.91 Å². The molecule has 1 saturated heterocycles. The molecule has 3 amide bonds. The van der Waals surface area contributed by atoms with Gasteiger partial charge in [0.1, 0.15) is 0 Å². The molecule has 1 aromatic heterocycles. The Kier molecular flexibility index (Phi) is 5.26. The van der Waals surface area contributed by atoms with Crippen molar-refractivity contribution in [1.82, 2.24) is 19.7 Å².